The fourth-order valence-electron chi connectivity index (χ4n) is 0.482. The van der Waals surface area contributed by atoms with Crippen LogP contribution in [0.4, 0.5) is 0 Å². The second-order valence-electron chi connectivity index (χ2n) is 1.82. The Balaban J connectivity index is 3.11. The second kappa shape index (κ2) is 7.47. The monoisotopic (exact) mass is 218 g/mol. The van der Waals surface area contributed by atoms with Gasteiger partial charge in [-0.2, -0.15) is 0 Å². The van der Waals surface area contributed by atoms with Crippen molar-refractivity contribution in [2.75, 3.05) is 13.2 Å². The lowest BCUT2D eigenvalue weighted by Gasteiger charge is -1.95. The van der Waals surface area contributed by atoms with Crippen molar-refractivity contribution < 1.29 is 25.2 Å². The Kier molecular flexibility index (Phi) is 7.36. The van der Waals surface area contributed by atoms with E-state index in [1.165, 1.54) is 0 Å². The van der Waals surface area contributed by atoms with Crippen molar-refractivity contribution >= 4 is 22.0 Å². The lowest BCUT2D eigenvalue weighted by atomic mass is 10.3. The predicted molar refractivity (Wildman–Crippen MR) is 41.8 cm³/mol. The number of rotatable bonds is 7. The van der Waals surface area contributed by atoms with E-state index < -0.39 is 22.0 Å². The molecule has 0 aromatic carbocycles. The summed E-state index contributed by atoms with van der Waals surface area (Å²) in [5.41, 5.74) is 0. The van der Waals surface area contributed by atoms with Crippen LogP contribution in [0.1, 0.15) is 12.8 Å². The fraction of sp³-hybridized carbons (Fsp3) is 1.00. The largest absolute Gasteiger partial charge is 0.272 e. The van der Waals surface area contributed by atoms with Crippen LogP contribution in [0.15, 0.2) is 0 Å². The van der Waals surface area contributed by atoms with Gasteiger partial charge >= 0.3 is 0 Å². The highest BCUT2D eigenvalue weighted by Gasteiger charge is 1.91. The molecule has 0 spiro atoms. The van der Waals surface area contributed by atoms with Crippen LogP contribution in [-0.2, 0) is 30.3 Å². The molecule has 0 unspecified atom stereocenters. The van der Waals surface area contributed by atoms with E-state index in [-0.39, 0.29) is 13.2 Å². The molecule has 0 amide bonds. The van der Waals surface area contributed by atoms with E-state index in [2.05, 4.69) is 8.37 Å². The minimum Gasteiger partial charge on any atom is -0.272 e. The first-order valence-corrected chi connectivity index (χ1v) is 5.36. The molecule has 0 atom stereocenters. The second-order valence-corrected chi connectivity index (χ2v) is 3.23. The average Bonchev–Trinajstić information content (AvgIpc) is 1.95. The average molecular weight is 218 g/mol. The van der Waals surface area contributed by atoms with Crippen molar-refractivity contribution in [2.45, 2.75) is 12.8 Å². The molecule has 0 aliphatic rings. The van der Waals surface area contributed by atoms with Gasteiger partial charge in [0.05, 0.1) is 13.2 Å². The maximum atomic E-state index is 9.83. The summed E-state index contributed by atoms with van der Waals surface area (Å²) in [6.07, 6.45) is 0.902. The summed E-state index contributed by atoms with van der Waals surface area (Å²) < 4.78 is 47.7. The van der Waals surface area contributed by atoms with Crippen molar-refractivity contribution in [3.8, 4) is 0 Å². The molecule has 6 nitrogen and oxygen atoms in total. The molecule has 0 saturated carbocycles. The minimum atomic E-state index is -2.79. The molecule has 0 aliphatic heterocycles. The molecule has 0 aromatic heterocycles. The molecule has 0 radical (unpaired) electrons. The molecule has 0 bridgehead atoms. The van der Waals surface area contributed by atoms with Gasteiger partial charge < -0.3 is 0 Å². The van der Waals surface area contributed by atoms with Gasteiger partial charge in [0, 0.05) is 0 Å². The van der Waals surface area contributed by atoms with Gasteiger partial charge in [-0.3, -0.25) is 8.37 Å². The number of unbranched alkanes of at least 4 members (excludes halogenated alkanes) is 1. The van der Waals surface area contributed by atoms with Gasteiger partial charge in [0.15, 0.2) is 0 Å². The van der Waals surface area contributed by atoms with Gasteiger partial charge in [-0.15, -0.1) is 0 Å². The van der Waals surface area contributed by atoms with Crippen LogP contribution in [0.2, 0.25) is 0 Å². The molecule has 0 fully saturated rings. The van der Waals surface area contributed by atoms with Crippen molar-refractivity contribution in [3.05, 3.63) is 0 Å². The number of hydrogen-bond acceptors (Lipinski definition) is 6. The van der Waals surface area contributed by atoms with Crippen LogP contribution in [-0.4, -0.2) is 30.0 Å². The van der Waals surface area contributed by atoms with E-state index in [1.807, 2.05) is 0 Å². The van der Waals surface area contributed by atoms with Crippen LogP contribution >= 0.6 is 0 Å². The Morgan fingerprint density at radius 2 is 1.08 bits per heavy atom. The Morgan fingerprint density at radius 1 is 0.750 bits per heavy atom. The first-order chi connectivity index (χ1) is 5.63. The predicted octanol–water partition coefficient (Wildman–Crippen LogP) is -1.15. The number of hydrogen-bond donors (Lipinski definition) is 2. The third kappa shape index (κ3) is 9.82. The van der Waals surface area contributed by atoms with Crippen molar-refractivity contribution in [1.82, 2.24) is 0 Å². The molecule has 0 saturated heterocycles. The normalized spacial score (nSPS) is 11.2. The summed E-state index contributed by atoms with van der Waals surface area (Å²) in [5.74, 6) is 0. The SMILES string of the molecule is O=[SH](=O)OCCCCO[SH](=O)=O. The van der Waals surface area contributed by atoms with Gasteiger partial charge in [-0.1, -0.05) is 0 Å². The lowest BCUT2D eigenvalue weighted by molar-refractivity contribution is 0.283. The van der Waals surface area contributed by atoms with E-state index in [4.69, 9.17) is 0 Å². The van der Waals surface area contributed by atoms with E-state index in [9.17, 15) is 16.8 Å². The zero-order valence-electron chi connectivity index (χ0n) is 6.17. The molecule has 0 aliphatic carbocycles. The fourth-order valence-corrected chi connectivity index (χ4v) is 1.04. The minimum absolute atomic E-state index is 0.0672. The topological polar surface area (TPSA) is 86.7 Å². The standard InChI is InChI=1S/C4H10O6S2/c5-11(6)9-3-1-2-4-10-12(7)8/h11-12H,1-4H2. The van der Waals surface area contributed by atoms with Crippen LogP contribution in [0.3, 0.4) is 0 Å². The van der Waals surface area contributed by atoms with E-state index in [1.54, 1.807) is 0 Å². The molecule has 0 heterocycles. The van der Waals surface area contributed by atoms with Crippen molar-refractivity contribution in [2.24, 2.45) is 0 Å². The zero-order valence-corrected chi connectivity index (χ0v) is 7.96. The summed E-state index contributed by atoms with van der Waals surface area (Å²) in [4.78, 5) is 0. The lowest BCUT2D eigenvalue weighted by Crippen LogP contribution is -1.97. The van der Waals surface area contributed by atoms with Crippen LogP contribution in [0, 0.1) is 0 Å². The molecule has 74 valence electrons. The quantitative estimate of drug-likeness (QED) is 0.414. The maximum absolute atomic E-state index is 9.83. The number of thiol groups is 2. The highest BCUT2D eigenvalue weighted by atomic mass is 32.2. The molecule has 12 heavy (non-hydrogen) atoms. The molecular formula is C4H10O6S2. The van der Waals surface area contributed by atoms with Gasteiger partial charge in [0.25, 0.3) is 22.0 Å². The summed E-state index contributed by atoms with van der Waals surface area (Å²) in [5, 5.41) is 0. The Bertz CT molecular complexity index is 200. The van der Waals surface area contributed by atoms with E-state index in [0.717, 1.165) is 0 Å². The Morgan fingerprint density at radius 3 is 1.33 bits per heavy atom. The highest BCUT2D eigenvalue weighted by molar-refractivity contribution is 7.67. The first-order valence-electron chi connectivity index (χ1n) is 3.17. The van der Waals surface area contributed by atoms with Crippen molar-refractivity contribution in [1.29, 1.82) is 0 Å². The zero-order chi connectivity index (χ0) is 9.40. The summed E-state index contributed by atoms with van der Waals surface area (Å²) in [7, 11) is -5.59. The summed E-state index contributed by atoms with van der Waals surface area (Å²) >= 11 is 0. The highest BCUT2D eigenvalue weighted by Crippen LogP contribution is 1.91. The van der Waals surface area contributed by atoms with Crippen LogP contribution < -0.4 is 0 Å². The Hall–Kier alpha value is -0.180. The molecule has 0 rings (SSSR count). The molecule has 8 heteroatoms. The molecule has 0 aromatic rings. The van der Waals surface area contributed by atoms with Crippen molar-refractivity contribution in [3.63, 3.8) is 0 Å². The molecule has 0 N–H and O–H groups in total. The Labute approximate surface area is 73.8 Å². The summed E-state index contributed by atoms with van der Waals surface area (Å²) in [6, 6.07) is 0. The molecular weight excluding hydrogens is 208 g/mol. The van der Waals surface area contributed by atoms with E-state index >= 15 is 0 Å². The van der Waals surface area contributed by atoms with Gasteiger partial charge in [-0.05, 0) is 12.8 Å². The third-order valence-corrected chi connectivity index (χ3v) is 1.72. The van der Waals surface area contributed by atoms with Gasteiger partial charge in [-0.25, -0.2) is 16.8 Å². The third-order valence-electron chi connectivity index (χ3n) is 0.932. The van der Waals surface area contributed by atoms with Crippen LogP contribution in [0.5, 0.6) is 0 Å². The van der Waals surface area contributed by atoms with E-state index in [0.29, 0.717) is 12.8 Å². The van der Waals surface area contributed by atoms with Crippen LogP contribution in [0.25, 0.3) is 0 Å². The summed E-state index contributed by atoms with van der Waals surface area (Å²) in [6.45, 7) is 0.134. The first kappa shape index (κ1) is 11.8. The maximum Gasteiger partial charge on any atom is 0.257 e. The van der Waals surface area contributed by atoms with Gasteiger partial charge in [0.2, 0.25) is 0 Å². The van der Waals surface area contributed by atoms with Gasteiger partial charge in [0.1, 0.15) is 0 Å². The smallest absolute Gasteiger partial charge is 0.257 e.